The van der Waals surface area contributed by atoms with E-state index in [0.29, 0.717) is 0 Å². The Morgan fingerprint density at radius 1 is 1.14 bits per heavy atom. The first kappa shape index (κ1) is 26.8. The first-order valence-corrected chi connectivity index (χ1v) is 12.1. The molecule has 1 atom stereocenters. The van der Waals surface area contributed by atoms with Crippen molar-refractivity contribution >= 4 is 29.2 Å². The number of carboxylic acids is 1. The maximum absolute atomic E-state index is 14.7. The Kier molecular flexibility index (Phi) is 7.70. The van der Waals surface area contributed by atoms with Crippen LogP contribution in [-0.2, 0) is 0 Å². The van der Waals surface area contributed by atoms with Crippen molar-refractivity contribution in [2.45, 2.75) is 50.2 Å². The first-order valence-electron chi connectivity index (χ1n) is 11.7. The predicted molar refractivity (Wildman–Crippen MR) is 130 cm³/mol. The molecule has 0 aliphatic heterocycles. The molecule has 2 aliphatic rings. The lowest BCUT2D eigenvalue weighted by Crippen LogP contribution is -2.41. The molecule has 0 bridgehead atoms. The van der Waals surface area contributed by atoms with Gasteiger partial charge in [0.2, 0.25) is 0 Å². The maximum atomic E-state index is 14.7. The molecule has 4 rings (SSSR count). The summed E-state index contributed by atoms with van der Waals surface area (Å²) in [7, 11) is 0. The standard InChI is InChI=1S/C26H24ClF4N3O3/c27-19-3-1-2-16(13-4-5-13)22(19)24(35)34-21-11-15(33-12-26(29,30)31)7-9-18(21)23(32)17-8-6-14(25(36)37)10-20(17)28/h1-3,6,8,10,13,15,32-33H,4-5,7,9,11-12H2,(H,34,35)(H,36,37). The third kappa shape index (κ3) is 6.37. The van der Waals surface area contributed by atoms with Crippen LogP contribution in [-0.4, -0.2) is 41.5 Å². The number of allylic oxidation sites excluding steroid dienone is 1. The topological polar surface area (TPSA) is 102 Å². The fourth-order valence-electron chi connectivity index (χ4n) is 4.51. The van der Waals surface area contributed by atoms with Gasteiger partial charge in [0.25, 0.3) is 5.91 Å². The summed E-state index contributed by atoms with van der Waals surface area (Å²) < 4.78 is 53.1. The second kappa shape index (κ2) is 10.6. The molecule has 1 fully saturated rings. The number of alkyl halides is 3. The lowest BCUT2D eigenvalue weighted by Gasteiger charge is -2.29. The number of hydrogen-bond donors (Lipinski definition) is 4. The summed E-state index contributed by atoms with van der Waals surface area (Å²) in [5.74, 6) is -2.61. The van der Waals surface area contributed by atoms with Gasteiger partial charge in [0, 0.05) is 23.7 Å². The second-order valence-electron chi connectivity index (χ2n) is 9.20. The Bertz CT molecular complexity index is 1290. The number of carbonyl (C=O) groups excluding carboxylic acids is 1. The van der Waals surface area contributed by atoms with Gasteiger partial charge >= 0.3 is 12.1 Å². The zero-order valence-corrected chi connectivity index (χ0v) is 20.3. The van der Waals surface area contributed by atoms with E-state index in [-0.39, 0.29) is 63.9 Å². The van der Waals surface area contributed by atoms with Crippen LogP contribution in [0.3, 0.4) is 0 Å². The minimum Gasteiger partial charge on any atom is -0.478 e. The fraction of sp³-hybridized carbons (Fsp3) is 0.346. The molecule has 4 N–H and O–H groups in total. The Morgan fingerprint density at radius 2 is 1.86 bits per heavy atom. The summed E-state index contributed by atoms with van der Waals surface area (Å²) in [6.45, 7) is -1.21. The number of amides is 1. The quantitative estimate of drug-likeness (QED) is 0.252. The van der Waals surface area contributed by atoms with Gasteiger partial charge in [-0.3, -0.25) is 10.2 Å². The monoisotopic (exact) mass is 537 g/mol. The van der Waals surface area contributed by atoms with Crippen LogP contribution in [0, 0.1) is 11.2 Å². The lowest BCUT2D eigenvalue weighted by molar-refractivity contribution is -0.126. The van der Waals surface area contributed by atoms with Crippen LogP contribution in [0.25, 0.3) is 0 Å². The highest BCUT2D eigenvalue weighted by molar-refractivity contribution is 6.34. The molecule has 6 nitrogen and oxygen atoms in total. The van der Waals surface area contributed by atoms with Crippen molar-refractivity contribution in [2.75, 3.05) is 6.54 Å². The summed E-state index contributed by atoms with van der Waals surface area (Å²) in [6, 6.07) is 7.62. The maximum Gasteiger partial charge on any atom is 0.401 e. The highest BCUT2D eigenvalue weighted by atomic mass is 35.5. The largest absolute Gasteiger partial charge is 0.478 e. The molecule has 1 saturated carbocycles. The molecule has 0 saturated heterocycles. The SMILES string of the molecule is N=C(C1=C(NC(=O)c2c(Cl)cccc2C2CC2)CC(NCC(F)(F)F)CC1)c1ccc(C(=O)O)cc1F. The first-order chi connectivity index (χ1) is 17.4. The van der Waals surface area contributed by atoms with Crippen molar-refractivity contribution in [3.63, 3.8) is 0 Å². The summed E-state index contributed by atoms with van der Waals surface area (Å²) in [4.78, 5) is 24.5. The summed E-state index contributed by atoms with van der Waals surface area (Å²) in [6.07, 6.45) is -2.31. The number of halogens is 5. The molecule has 11 heteroatoms. The molecule has 196 valence electrons. The van der Waals surface area contributed by atoms with E-state index in [1.54, 1.807) is 12.1 Å². The van der Waals surface area contributed by atoms with Crippen LogP contribution in [0.1, 0.15) is 69.9 Å². The van der Waals surface area contributed by atoms with E-state index in [4.69, 9.17) is 22.1 Å². The molecular weight excluding hydrogens is 514 g/mol. The molecule has 1 amide bonds. The van der Waals surface area contributed by atoms with Gasteiger partial charge in [0.05, 0.1) is 28.4 Å². The highest BCUT2D eigenvalue weighted by Crippen LogP contribution is 2.43. The van der Waals surface area contributed by atoms with Crippen molar-refractivity contribution in [1.29, 1.82) is 5.41 Å². The van der Waals surface area contributed by atoms with Crippen molar-refractivity contribution < 1.29 is 32.3 Å². The Hall–Kier alpha value is -3.24. The predicted octanol–water partition coefficient (Wildman–Crippen LogP) is 5.81. The second-order valence-corrected chi connectivity index (χ2v) is 9.61. The van der Waals surface area contributed by atoms with E-state index >= 15 is 0 Å². The van der Waals surface area contributed by atoms with Gasteiger partial charge in [-0.15, -0.1) is 0 Å². The minimum atomic E-state index is -4.42. The van der Waals surface area contributed by atoms with E-state index < -0.39 is 36.5 Å². The Balaban J connectivity index is 1.67. The molecule has 1 unspecified atom stereocenters. The fourth-order valence-corrected chi connectivity index (χ4v) is 4.77. The molecule has 2 aliphatic carbocycles. The van der Waals surface area contributed by atoms with Crippen LogP contribution >= 0.6 is 11.6 Å². The van der Waals surface area contributed by atoms with Gasteiger partial charge < -0.3 is 15.7 Å². The van der Waals surface area contributed by atoms with Crippen molar-refractivity contribution in [2.24, 2.45) is 0 Å². The van der Waals surface area contributed by atoms with Crippen molar-refractivity contribution in [1.82, 2.24) is 10.6 Å². The van der Waals surface area contributed by atoms with Crippen LogP contribution in [0.4, 0.5) is 17.6 Å². The number of hydrogen-bond acceptors (Lipinski definition) is 4. The zero-order chi connectivity index (χ0) is 26.9. The number of carbonyl (C=O) groups is 2. The van der Waals surface area contributed by atoms with Crippen LogP contribution in [0.2, 0.25) is 5.02 Å². The van der Waals surface area contributed by atoms with Crippen LogP contribution < -0.4 is 10.6 Å². The van der Waals surface area contributed by atoms with Gasteiger partial charge in [-0.25, -0.2) is 9.18 Å². The van der Waals surface area contributed by atoms with Gasteiger partial charge in [-0.2, -0.15) is 13.2 Å². The van der Waals surface area contributed by atoms with E-state index in [1.807, 2.05) is 6.07 Å². The third-order valence-corrected chi connectivity index (χ3v) is 6.81. The Labute approximate surface area is 215 Å². The Morgan fingerprint density at radius 3 is 2.49 bits per heavy atom. The molecular formula is C26H24ClF4N3O3. The van der Waals surface area contributed by atoms with E-state index in [9.17, 15) is 27.2 Å². The minimum absolute atomic E-state index is 0.0302. The summed E-state index contributed by atoms with van der Waals surface area (Å²) in [5.41, 5.74) is 0.769. The van der Waals surface area contributed by atoms with E-state index in [1.165, 1.54) is 6.07 Å². The molecule has 0 radical (unpaired) electrons. The molecule has 0 heterocycles. The summed E-state index contributed by atoms with van der Waals surface area (Å²) >= 11 is 6.34. The van der Waals surface area contributed by atoms with Gasteiger partial charge in [0.15, 0.2) is 0 Å². The van der Waals surface area contributed by atoms with Gasteiger partial charge in [-0.1, -0.05) is 23.7 Å². The molecule has 2 aromatic rings. The molecule has 2 aromatic carbocycles. The average Bonchev–Trinajstić information content (AvgIpc) is 3.67. The lowest BCUT2D eigenvalue weighted by atomic mass is 9.86. The average molecular weight is 538 g/mol. The molecule has 37 heavy (non-hydrogen) atoms. The summed E-state index contributed by atoms with van der Waals surface area (Å²) in [5, 5.41) is 23.1. The number of rotatable bonds is 8. The van der Waals surface area contributed by atoms with E-state index in [0.717, 1.165) is 30.5 Å². The zero-order valence-electron chi connectivity index (χ0n) is 19.5. The van der Waals surface area contributed by atoms with E-state index in [2.05, 4.69) is 10.6 Å². The number of benzene rings is 2. The number of nitrogens with one attached hydrogen (secondary N) is 3. The van der Waals surface area contributed by atoms with Crippen molar-refractivity contribution in [3.8, 4) is 0 Å². The number of aromatic carboxylic acids is 1. The van der Waals surface area contributed by atoms with Crippen LogP contribution in [0.5, 0.6) is 0 Å². The van der Waals surface area contributed by atoms with Crippen molar-refractivity contribution in [3.05, 3.63) is 80.8 Å². The third-order valence-electron chi connectivity index (χ3n) is 6.49. The molecule has 0 spiro atoms. The van der Waals surface area contributed by atoms with Gasteiger partial charge in [-0.05, 0) is 67.0 Å². The van der Waals surface area contributed by atoms with Crippen LogP contribution in [0.15, 0.2) is 47.7 Å². The number of carboxylic acid groups (broad SMARTS) is 1. The highest BCUT2D eigenvalue weighted by Gasteiger charge is 2.33. The van der Waals surface area contributed by atoms with Gasteiger partial charge in [0.1, 0.15) is 5.82 Å². The smallest absolute Gasteiger partial charge is 0.401 e. The molecule has 0 aromatic heterocycles. The normalized spacial score (nSPS) is 18.0.